The third-order valence-electron chi connectivity index (χ3n) is 5.62. The van der Waals surface area contributed by atoms with Gasteiger partial charge in [0.15, 0.2) is 0 Å². The Hall–Kier alpha value is -3.35. The van der Waals surface area contributed by atoms with Crippen LogP contribution in [0.5, 0.6) is 0 Å². The van der Waals surface area contributed by atoms with E-state index >= 15 is 0 Å². The van der Waals surface area contributed by atoms with Gasteiger partial charge in [-0.05, 0) is 51.2 Å². The Balaban J connectivity index is 2.39. The highest BCUT2D eigenvalue weighted by Crippen LogP contribution is 2.25. The van der Waals surface area contributed by atoms with Crippen molar-refractivity contribution in [1.82, 2.24) is 15.5 Å². The zero-order valence-corrected chi connectivity index (χ0v) is 22.6. The topological polar surface area (TPSA) is 87.7 Å². The molecule has 0 aromatic heterocycles. The number of hydrogen-bond donors (Lipinski definition) is 2. The van der Waals surface area contributed by atoms with Crippen LogP contribution < -0.4 is 10.6 Å². The van der Waals surface area contributed by atoms with Gasteiger partial charge in [-0.2, -0.15) is 0 Å². The molecule has 2 unspecified atom stereocenters. The molecule has 0 aliphatic heterocycles. The Morgan fingerprint density at radius 3 is 2.11 bits per heavy atom. The smallest absolute Gasteiger partial charge is 0.408 e. The van der Waals surface area contributed by atoms with Crippen molar-refractivity contribution in [2.45, 2.75) is 79.1 Å². The average Bonchev–Trinajstić information content (AvgIpc) is 2.81. The SMILES string of the molecule is CCCN(C(=O)C(NC(=O)OC(C)(C)C)C(C)C)C(C(=O)NCc1ccccc1)c1ccc(C)cc1. The van der Waals surface area contributed by atoms with Gasteiger partial charge in [0, 0.05) is 13.1 Å². The number of rotatable bonds is 10. The highest BCUT2D eigenvalue weighted by atomic mass is 16.6. The van der Waals surface area contributed by atoms with Crippen molar-refractivity contribution in [2.24, 2.45) is 5.92 Å². The van der Waals surface area contributed by atoms with E-state index in [9.17, 15) is 14.4 Å². The Bertz CT molecular complexity index is 997. The molecule has 0 fully saturated rings. The fraction of sp³-hybridized carbons (Fsp3) is 0.483. The molecule has 0 heterocycles. The Labute approximate surface area is 215 Å². The fourth-order valence-corrected chi connectivity index (χ4v) is 3.84. The monoisotopic (exact) mass is 495 g/mol. The maximum atomic E-state index is 13.9. The summed E-state index contributed by atoms with van der Waals surface area (Å²) in [6.07, 6.45) is -0.0106. The number of carbonyl (C=O) groups is 3. The van der Waals surface area contributed by atoms with Crippen LogP contribution in [0.25, 0.3) is 0 Å². The van der Waals surface area contributed by atoms with Crippen molar-refractivity contribution in [1.29, 1.82) is 0 Å². The van der Waals surface area contributed by atoms with E-state index in [4.69, 9.17) is 4.74 Å². The van der Waals surface area contributed by atoms with Gasteiger partial charge in [-0.25, -0.2) is 4.79 Å². The summed E-state index contributed by atoms with van der Waals surface area (Å²) in [5.41, 5.74) is 2.04. The molecule has 2 atom stereocenters. The van der Waals surface area contributed by atoms with Crippen molar-refractivity contribution < 1.29 is 19.1 Å². The molecule has 0 aliphatic carbocycles. The summed E-state index contributed by atoms with van der Waals surface area (Å²) in [6.45, 7) is 13.7. The van der Waals surface area contributed by atoms with Gasteiger partial charge in [-0.3, -0.25) is 9.59 Å². The molecule has 0 bridgehead atoms. The number of ether oxygens (including phenoxy) is 1. The quantitative estimate of drug-likeness (QED) is 0.478. The van der Waals surface area contributed by atoms with Crippen LogP contribution in [0, 0.1) is 12.8 Å². The molecular formula is C29H41N3O4. The first-order valence-corrected chi connectivity index (χ1v) is 12.6. The van der Waals surface area contributed by atoms with E-state index in [0.717, 1.165) is 11.1 Å². The molecule has 2 rings (SSSR count). The molecule has 36 heavy (non-hydrogen) atoms. The van der Waals surface area contributed by atoms with Gasteiger partial charge in [0.1, 0.15) is 17.7 Å². The van der Waals surface area contributed by atoms with Crippen LogP contribution >= 0.6 is 0 Å². The van der Waals surface area contributed by atoms with E-state index in [2.05, 4.69) is 10.6 Å². The second kappa shape index (κ2) is 13.1. The standard InChI is InChI=1S/C29H41N3O4/c1-8-18-32(27(34)24(20(2)3)31-28(35)36-29(5,6)7)25(23-16-14-21(4)15-17-23)26(33)30-19-22-12-10-9-11-13-22/h9-17,20,24-25H,8,18-19H2,1-7H3,(H,30,33)(H,31,35). The van der Waals surface area contributed by atoms with Crippen LogP contribution in [-0.2, 0) is 20.9 Å². The van der Waals surface area contributed by atoms with Gasteiger partial charge in [0.2, 0.25) is 11.8 Å². The summed E-state index contributed by atoms with van der Waals surface area (Å²) >= 11 is 0. The summed E-state index contributed by atoms with van der Waals surface area (Å²) in [7, 11) is 0. The number of amides is 3. The molecule has 2 aromatic rings. The van der Waals surface area contributed by atoms with Gasteiger partial charge in [0.25, 0.3) is 0 Å². The Kier molecular flexibility index (Phi) is 10.5. The van der Waals surface area contributed by atoms with Crippen LogP contribution in [0.15, 0.2) is 54.6 Å². The number of nitrogens with zero attached hydrogens (tertiary/aromatic N) is 1. The third-order valence-corrected chi connectivity index (χ3v) is 5.62. The van der Waals surface area contributed by atoms with Crippen LogP contribution in [0.3, 0.4) is 0 Å². The number of alkyl carbamates (subject to hydrolysis) is 1. The molecular weight excluding hydrogens is 454 g/mol. The minimum Gasteiger partial charge on any atom is -0.444 e. The van der Waals surface area contributed by atoms with Gasteiger partial charge in [-0.15, -0.1) is 0 Å². The fourth-order valence-electron chi connectivity index (χ4n) is 3.84. The molecule has 196 valence electrons. The first-order chi connectivity index (χ1) is 16.9. The predicted octanol–water partition coefficient (Wildman–Crippen LogP) is 5.14. The van der Waals surface area contributed by atoms with Gasteiger partial charge in [0.05, 0.1) is 0 Å². The maximum absolute atomic E-state index is 13.9. The van der Waals surface area contributed by atoms with Crippen molar-refractivity contribution >= 4 is 17.9 Å². The third kappa shape index (κ3) is 8.70. The van der Waals surface area contributed by atoms with Gasteiger partial charge >= 0.3 is 6.09 Å². The normalized spacial score (nSPS) is 13.0. The van der Waals surface area contributed by atoms with Crippen LogP contribution in [-0.4, -0.2) is 41.0 Å². The minimum atomic E-state index is -0.846. The zero-order chi connectivity index (χ0) is 26.9. The van der Waals surface area contributed by atoms with Crippen molar-refractivity contribution in [3.05, 3.63) is 71.3 Å². The Morgan fingerprint density at radius 1 is 0.972 bits per heavy atom. The molecule has 0 spiro atoms. The molecule has 2 aromatic carbocycles. The lowest BCUT2D eigenvalue weighted by molar-refractivity contribution is -0.143. The van der Waals surface area contributed by atoms with E-state index in [1.165, 1.54) is 0 Å². The van der Waals surface area contributed by atoms with E-state index in [0.29, 0.717) is 25.1 Å². The summed E-state index contributed by atoms with van der Waals surface area (Å²) in [6, 6.07) is 15.6. The number of carbonyl (C=O) groups excluding carboxylic acids is 3. The maximum Gasteiger partial charge on any atom is 0.408 e. The molecule has 7 heteroatoms. The molecule has 0 radical (unpaired) electrons. The highest BCUT2D eigenvalue weighted by molar-refractivity contribution is 5.92. The lowest BCUT2D eigenvalue weighted by Crippen LogP contribution is -2.55. The second-order valence-corrected chi connectivity index (χ2v) is 10.4. The van der Waals surface area contributed by atoms with Gasteiger partial charge in [-0.1, -0.05) is 80.9 Å². The second-order valence-electron chi connectivity index (χ2n) is 10.4. The average molecular weight is 496 g/mol. The summed E-state index contributed by atoms with van der Waals surface area (Å²) in [4.78, 5) is 41.6. The molecule has 7 nitrogen and oxygen atoms in total. The first-order valence-electron chi connectivity index (χ1n) is 12.6. The lowest BCUT2D eigenvalue weighted by Gasteiger charge is -2.35. The van der Waals surface area contributed by atoms with Crippen molar-refractivity contribution in [3.63, 3.8) is 0 Å². The molecule has 2 N–H and O–H groups in total. The predicted molar refractivity (Wildman–Crippen MR) is 142 cm³/mol. The van der Waals surface area contributed by atoms with Crippen LogP contribution in [0.2, 0.25) is 0 Å². The number of hydrogen-bond acceptors (Lipinski definition) is 4. The summed E-state index contributed by atoms with van der Waals surface area (Å²) in [5, 5.41) is 5.74. The zero-order valence-electron chi connectivity index (χ0n) is 22.6. The van der Waals surface area contributed by atoms with Crippen molar-refractivity contribution in [2.75, 3.05) is 6.54 Å². The lowest BCUT2D eigenvalue weighted by atomic mass is 9.98. The molecule has 0 saturated carbocycles. The first kappa shape index (κ1) is 28.9. The Morgan fingerprint density at radius 2 is 1.58 bits per heavy atom. The number of aryl methyl sites for hydroxylation is 1. The van der Waals surface area contributed by atoms with E-state index in [1.54, 1.807) is 25.7 Å². The van der Waals surface area contributed by atoms with E-state index in [-0.39, 0.29) is 17.7 Å². The summed E-state index contributed by atoms with van der Waals surface area (Å²) < 4.78 is 5.40. The number of nitrogens with one attached hydrogen (secondary N) is 2. The van der Waals surface area contributed by atoms with Crippen LogP contribution in [0.4, 0.5) is 4.79 Å². The molecule has 3 amide bonds. The summed E-state index contributed by atoms with van der Waals surface area (Å²) in [5.74, 6) is -0.808. The number of benzene rings is 2. The van der Waals surface area contributed by atoms with E-state index in [1.807, 2.05) is 82.3 Å². The highest BCUT2D eigenvalue weighted by Gasteiger charge is 2.37. The largest absolute Gasteiger partial charge is 0.444 e. The minimum absolute atomic E-state index is 0.213. The molecule has 0 aliphatic rings. The molecule has 0 saturated heterocycles. The van der Waals surface area contributed by atoms with E-state index < -0.39 is 23.8 Å². The van der Waals surface area contributed by atoms with Gasteiger partial charge < -0.3 is 20.3 Å². The van der Waals surface area contributed by atoms with Crippen LogP contribution in [0.1, 0.15) is 70.7 Å². The van der Waals surface area contributed by atoms with Crippen molar-refractivity contribution in [3.8, 4) is 0 Å².